The predicted octanol–water partition coefficient (Wildman–Crippen LogP) is 6.67. The fourth-order valence-electron chi connectivity index (χ4n) is 3.81. The van der Waals surface area contributed by atoms with Crippen LogP contribution in [-0.4, -0.2) is 5.45 Å². The second kappa shape index (κ2) is 8.47. The minimum Gasteiger partial charge on any atom is -0.240 e. The van der Waals surface area contributed by atoms with Crippen LogP contribution in [0.5, 0.6) is 0 Å². The quantitative estimate of drug-likeness (QED) is 0.332. The van der Waals surface area contributed by atoms with E-state index in [9.17, 15) is 0 Å². The first-order valence-corrected chi connectivity index (χ1v) is 13.0. The molecule has 150 valence electrons. The molecule has 1 heterocycles. The molecule has 0 N–H and O–H groups in total. The molecule has 5 rings (SSSR count). The average Bonchev–Trinajstić information content (AvgIpc) is 2.86. The highest BCUT2D eigenvalue weighted by molar-refractivity contribution is 8.31. The lowest BCUT2D eigenvalue weighted by Gasteiger charge is -2.34. The standard InChI is InChI=1S/C27H21N2PS/c31-30(25-19-11-4-12-20-25)26(22-13-5-1-6-14-22)21-29(24-17-9-3-10-18-24)28-27(30)23-15-7-2-8-16-23/h1-21H. The van der Waals surface area contributed by atoms with Gasteiger partial charge in [0.2, 0.25) is 0 Å². The molecule has 0 saturated carbocycles. The number of hydrogen-bond donors (Lipinski definition) is 0. The van der Waals surface area contributed by atoms with Crippen LogP contribution in [0.2, 0.25) is 0 Å². The lowest BCUT2D eigenvalue weighted by Crippen LogP contribution is -2.24. The summed E-state index contributed by atoms with van der Waals surface area (Å²) in [6.45, 7) is 0. The highest BCUT2D eigenvalue weighted by atomic mass is 32.4. The van der Waals surface area contributed by atoms with Crippen molar-refractivity contribution in [3.05, 3.63) is 139 Å². The van der Waals surface area contributed by atoms with Crippen LogP contribution in [0, 0.1) is 0 Å². The Morgan fingerprint density at radius 1 is 0.581 bits per heavy atom. The third kappa shape index (κ3) is 3.67. The third-order valence-corrected chi connectivity index (χ3v) is 10.1. The Bertz CT molecular complexity index is 1220. The van der Waals surface area contributed by atoms with Crippen LogP contribution in [0.3, 0.4) is 0 Å². The molecule has 4 heteroatoms. The maximum Gasteiger partial charge on any atom is 0.110 e. The van der Waals surface area contributed by atoms with Crippen molar-refractivity contribution < 1.29 is 0 Å². The molecule has 1 unspecified atom stereocenters. The lowest BCUT2D eigenvalue weighted by atomic mass is 10.2. The van der Waals surface area contributed by atoms with E-state index in [1.165, 1.54) is 0 Å². The first-order valence-electron chi connectivity index (χ1n) is 10.2. The van der Waals surface area contributed by atoms with Gasteiger partial charge in [0.05, 0.1) is 11.7 Å². The highest BCUT2D eigenvalue weighted by Crippen LogP contribution is 2.62. The molecule has 1 aliphatic rings. The molecule has 0 amide bonds. The number of hydrogen-bond acceptors (Lipinski definition) is 3. The summed E-state index contributed by atoms with van der Waals surface area (Å²) in [7, 11) is 0. The molecule has 4 aromatic rings. The zero-order valence-electron chi connectivity index (χ0n) is 16.9. The van der Waals surface area contributed by atoms with E-state index in [-0.39, 0.29) is 0 Å². The molecule has 1 aliphatic heterocycles. The van der Waals surface area contributed by atoms with Gasteiger partial charge in [-0.15, -0.1) is 0 Å². The van der Waals surface area contributed by atoms with Crippen molar-refractivity contribution in [3.63, 3.8) is 0 Å². The largest absolute Gasteiger partial charge is 0.240 e. The van der Waals surface area contributed by atoms with Gasteiger partial charge in [0.1, 0.15) is 5.45 Å². The molecule has 0 bridgehead atoms. The number of benzene rings is 4. The summed E-state index contributed by atoms with van der Waals surface area (Å²) < 4.78 is 0. The minimum atomic E-state index is -2.38. The van der Waals surface area contributed by atoms with E-state index in [2.05, 4.69) is 91.1 Å². The summed E-state index contributed by atoms with van der Waals surface area (Å²) in [5.41, 5.74) is 4.18. The van der Waals surface area contributed by atoms with Crippen LogP contribution < -0.4 is 10.3 Å². The van der Waals surface area contributed by atoms with Gasteiger partial charge in [-0.1, -0.05) is 121 Å². The van der Waals surface area contributed by atoms with Crippen molar-refractivity contribution >= 4 is 39.6 Å². The molecule has 4 aromatic carbocycles. The van der Waals surface area contributed by atoms with Crippen molar-refractivity contribution in [1.29, 1.82) is 0 Å². The molecule has 1 atom stereocenters. The van der Waals surface area contributed by atoms with Crippen molar-refractivity contribution in [1.82, 2.24) is 0 Å². The minimum absolute atomic E-state index is 0.958. The van der Waals surface area contributed by atoms with E-state index >= 15 is 0 Å². The lowest BCUT2D eigenvalue weighted by molar-refractivity contribution is 1.08. The van der Waals surface area contributed by atoms with Gasteiger partial charge in [0.15, 0.2) is 0 Å². The van der Waals surface area contributed by atoms with Crippen molar-refractivity contribution in [3.8, 4) is 0 Å². The van der Waals surface area contributed by atoms with Gasteiger partial charge in [-0.2, -0.15) is 5.10 Å². The molecule has 0 aromatic heterocycles. The van der Waals surface area contributed by atoms with Crippen LogP contribution in [0.15, 0.2) is 133 Å². The third-order valence-electron chi connectivity index (χ3n) is 5.33. The Labute approximate surface area is 188 Å². The highest BCUT2D eigenvalue weighted by Gasteiger charge is 2.36. The van der Waals surface area contributed by atoms with Gasteiger partial charge in [-0.3, -0.25) is 0 Å². The number of nitrogens with zero attached hydrogens (tertiary/aromatic N) is 2. The number of anilines is 1. The summed E-state index contributed by atoms with van der Waals surface area (Å²) in [4.78, 5) is 0. The van der Waals surface area contributed by atoms with E-state index in [1.54, 1.807) is 0 Å². The normalized spacial score (nSPS) is 18.3. The molecular formula is C27H21N2PS. The SMILES string of the molecule is S=P1(c2ccccc2)C(c2ccccc2)=CN(c2ccccc2)N=C1c1ccccc1. The maximum absolute atomic E-state index is 6.62. The Kier molecular flexibility index (Phi) is 5.38. The molecule has 2 nitrogen and oxygen atoms in total. The van der Waals surface area contributed by atoms with Crippen LogP contribution >= 0.6 is 6.04 Å². The van der Waals surface area contributed by atoms with E-state index in [1.807, 2.05) is 41.4 Å². The summed E-state index contributed by atoms with van der Waals surface area (Å²) >= 11 is 6.62. The first kappa shape index (κ1) is 19.7. The van der Waals surface area contributed by atoms with Gasteiger partial charge < -0.3 is 0 Å². The van der Waals surface area contributed by atoms with Crippen LogP contribution in [0.25, 0.3) is 5.31 Å². The van der Waals surface area contributed by atoms with Gasteiger partial charge in [-0.25, -0.2) is 5.01 Å². The Morgan fingerprint density at radius 3 is 1.65 bits per heavy atom. The summed E-state index contributed by atoms with van der Waals surface area (Å²) in [5.74, 6) is 0. The molecule has 0 spiro atoms. The molecule has 0 aliphatic carbocycles. The van der Waals surface area contributed by atoms with Gasteiger partial charge in [-0.05, 0) is 23.0 Å². The zero-order chi connectivity index (χ0) is 21.1. The van der Waals surface area contributed by atoms with Gasteiger partial charge >= 0.3 is 0 Å². The molecule has 0 fully saturated rings. The molecule has 0 radical (unpaired) electrons. The van der Waals surface area contributed by atoms with Crippen molar-refractivity contribution in [2.24, 2.45) is 5.10 Å². The number of hydrazone groups is 1. The van der Waals surface area contributed by atoms with Gasteiger partial charge in [0, 0.05) is 17.1 Å². The van der Waals surface area contributed by atoms with Crippen LogP contribution in [0.4, 0.5) is 5.69 Å². The molecule has 0 saturated heterocycles. The van der Waals surface area contributed by atoms with Crippen LogP contribution in [0.1, 0.15) is 11.1 Å². The predicted molar refractivity (Wildman–Crippen MR) is 137 cm³/mol. The smallest absolute Gasteiger partial charge is 0.110 e. The molecule has 31 heavy (non-hydrogen) atoms. The fraction of sp³-hybridized carbons (Fsp3) is 0. The Hall–Kier alpha value is -3.26. The number of rotatable bonds is 4. The topological polar surface area (TPSA) is 15.6 Å². The van der Waals surface area contributed by atoms with E-state index in [4.69, 9.17) is 16.9 Å². The number of para-hydroxylation sites is 1. The van der Waals surface area contributed by atoms with Gasteiger partial charge in [0.25, 0.3) is 0 Å². The average molecular weight is 437 g/mol. The summed E-state index contributed by atoms with van der Waals surface area (Å²) in [6.07, 6.45) is 2.13. The Morgan fingerprint density at radius 2 is 1.06 bits per heavy atom. The van der Waals surface area contributed by atoms with E-state index in [0.29, 0.717) is 0 Å². The second-order valence-electron chi connectivity index (χ2n) is 7.29. The van der Waals surface area contributed by atoms with E-state index < -0.39 is 6.04 Å². The summed E-state index contributed by atoms with van der Waals surface area (Å²) in [5, 5.41) is 9.41. The fourth-order valence-corrected chi connectivity index (χ4v) is 7.92. The maximum atomic E-state index is 6.62. The van der Waals surface area contributed by atoms with E-state index in [0.717, 1.165) is 32.9 Å². The zero-order valence-corrected chi connectivity index (χ0v) is 18.6. The monoisotopic (exact) mass is 436 g/mol. The van der Waals surface area contributed by atoms with Crippen molar-refractivity contribution in [2.75, 3.05) is 5.01 Å². The Balaban J connectivity index is 1.81. The van der Waals surface area contributed by atoms with Crippen molar-refractivity contribution in [2.45, 2.75) is 0 Å². The second-order valence-corrected chi connectivity index (χ2v) is 11.6. The summed E-state index contributed by atoms with van der Waals surface area (Å²) in [6, 6.07) is 39.1. The molecular weight excluding hydrogens is 415 g/mol. The first-order chi connectivity index (χ1) is 15.3. The van der Waals surface area contributed by atoms with Crippen LogP contribution in [-0.2, 0) is 11.8 Å².